The third kappa shape index (κ3) is 8.49. The minimum Gasteiger partial charge on any atom is -0.356 e. The number of benzene rings is 1. The van der Waals surface area contributed by atoms with Crippen LogP contribution in [0.3, 0.4) is 0 Å². The normalized spacial score (nSPS) is 10.7. The van der Waals surface area contributed by atoms with E-state index in [-0.39, 0.29) is 36.6 Å². The molecule has 0 saturated carbocycles. The summed E-state index contributed by atoms with van der Waals surface area (Å²) in [6.07, 6.45) is 2.15. The van der Waals surface area contributed by atoms with Crippen LogP contribution in [0.25, 0.3) is 0 Å². The Balaban J connectivity index is 1.95. The lowest BCUT2D eigenvalue weighted by molar-refractivity contribution is -0.120. The van der Waals surface area contributed by atoms with Crippen LogP contribution in [0.4, 0.5) is 5.13 Å². The molecule has 0 atom stereocenters. The maximum absolute atomic E-state index is 12.9. The SMILES string of the molecule is CCCCNC(=O)Cc1csc(NC(=O)CN(CC(C)C)C(=O)c2ccc(C)cc2)n1. The van der Waals surface area contributed by atoms with Crippen molar-refractivity contribution in [2.24, 2.45) is 5.92 Å². The largest absolute Gasteiger partial charge is 0.356 e. The van der Waals surface area contributed by atoms with Crippen molar-refractivity contribution >= 4 is 34.2 Å². The van der Waals surface area contributed by atoms with Crippen molar-refractivity contribution in [1.29, 1.82) is 0 Å². The zero-order chi connectivity index (χ0) is 22.8. The zero-order valence-electron chi connectivity index (χ0n) is 18.7. The lowest BCUT2D eigenvalue weighted by Gasteiger charge is -2.24. The molecule has 31 heavy (non-hydrogen) atoms. The van der Waals surface area contributed by atoms with Gasteiger partial charge < -0.3 is 15.5 Å². The van der Waals surface area contributed by atoms with Gasteiger partial charge in [0.15, 0.2) is 5.13 Å². The topological polar surface area (TPSA) is 91.4 Å². The third-order valence-electron chi connectivity index (χ3n) is 4.50. The van der Waals surface area contributed by atoms with Crippen molar-refractivity contribution < 1.29 is 14.4 Å². The van der Waals surface area contributed by atoms with Crippen molar-refractivity contribution in [2.75, 3.05) is 25.0 Å². The first kappa shape index (κ1) is 24.5. The number of nitrogens with one attached hydrogen (secondary N) is 2. The standard InChI is InChI=1S/C23H32N4O3S/c1-5-6-11-24-20(28)12-19-15-31-23(25-19)26-21(29)14-27(13-16(2)3)22(30)18-9-7-17(4)8-10-18/h7-10,15-16H,5-6,11-14H2,1-4H3,(H,24,28)(H,25,26,29). The van der Waals surface area contributed by atoms with Crippen molar-refractivity contribution in [2.45, 2.75) is 47.0 Å². The van der Waals surface area contributed by atoms with Gasteiger partial charge in [-0.25, -0.2) is 4.98 Å². The summed E-state index contributed by atoms with van der Waals surface area (Å²) in [4.78, 5) is 43.3. The predicted octanol–water partition coefficient (Wildman–Crippen LogP) is 3.65. The van der Waals surface area contributed by atoms with Crippen molar-refractivity contribution in [3.05, 3.63) is 46.5 Å². The van der Waals surface area contributed by atoms with E-state index in [9.17, 15) is 14.4 Å². The number of thiazole rings is 1. The molecule has 0 spiro atoms. The second-order valence-electron chi connectivity index (χ2n) is 8.02. The number of hydrogen-bond donors (Lipinski definition) is 2. The highest BCUT2D eigenvalue weighted by Crippen LogP contribution is 2.16. The van der Waals surface area contributed by atoms with Gasteiger partial charge in [0, 0.05) is 24.0 Å². The minimum absolute atomic E-state index is 0.0582. The molecule has 1 aromatic carbocycles. The predicted molar refractivity (Wildman–Crippen MR) is 124 cm³/mol. The smallest absolute Gasteiger partial charge is 0.254 e. The van der Waals surface area contributed by atoms with Crippen LogP contribution < -0.4 is 10.6 Å². The molecule has 2 aromatic rings. The van der Waals surface area contributed by atoms with Gasteiger partial charge in [-0.05, 0) is 31.4 Å². The highest BCUT2D eigenvalue weighted by molar-refractivity contribution is 7.13. The van der Waals surface area contributed by atoms with E-state index in [4.69, 9.17) is 0 Å². The number of aromatic nitrogens is 1. The summed E-state index contributed by atoms with van der Waals surface area (Å²) >= 11 is 1.27. The van der Waals surface area contributed by atoms with Crippen molar-refractivity contribution in [3.8, 4) is 0 Å². The molecule has 2 N–H and O–H groups in total. The van der Waals surface area contributed by atoms with Crippen LogP contribution in [0, 0.1) is 12.8 Å². The van der Waals surface area contributed by atoms with Crippen LogP contribution >= 0.6 is 11.3 Å². The van der Waals surface area contributed by atoms with E-state index in [0.717, 1.165) is 18.4 Å². The average molecular weight is 445 g/mol. The van der Waals surface area contributed by atoms with Crippen molar-refractivity contribution in [1.82, 2.24) is 15.2 Å². The van der Waals surface area contributed by atoms with Gasteiger partial charge in [0.25, 0.3) is 5.91 Å². The van der Waals surface area contributed by atoms with E-state index < -0.39 is 0 Å². The Morgan fingerprint density at radius 2 is 1.84 bits per heavy atom. The van der Waals surface area contributed by atoms with E-state index in [1.165, 1.54) is 11.3 Å². The Kier molecular flexibility index (Phi) is 9.65. The molecule has 8 heteroatoms. The summed E-state index contributed by atoms with van der Waals surface area (Å²) in [5.74, 6) is -0.342. The van der Waals surface area contributed by atoms with E-state index in [1.54, 1.807) is 22.4 Å². The molecule has 168 valence electrons. The molecule has 7 nitrogen and oxygen atoms in total. The summed E-state index contributed by atoms with van der Waals surface area (Å²) < 4.78 is 0. The second-order valence-corrected chi connectivity index (χ2v) is 8.88. The Morgan fingerprint density at radius 3 is 2.48 bits per heavy atom. The molecule has 1 aromatic heterocycles. The van der Waals surface area contributed by atoms with E-state index in [2.05, 4.69) is 22.5 Å². The van der Waals surface area contributed by atoms with Crippen LogP contribution in [-0.2, 0) is 16.0 Å². The summed E-state index contributed by atoms with van der Waals surface area (Å²) in [5, 5.41) is 7.79. The van der Waals surface area contributed by atoms with Crippen LogP contribution in [0.1, 0.15) is 55.2 Å². The molecule has 0 aliphatic rings. The van der Waals surface area contributed by atoms with E-state index in [0.29, 0.717) is 29.5 Å². The number of amides is 3. The molecule has 0 bridgehead atoms. The fraction of sp³-hybridized carbons (Fsp3) is 0.478. The van der Waals surface area contributed by atoms with Gasteiger partial charge in [0.1, 0.15) is 6.54 Å². The molecule has 3 amide bonds. The zero-order valence-corrected chi connectivity index (χ0v) is 19.6. The number of nitrogens with zero attached hydrogens (tertiary/aromatic N) is 2. The number of unbranched alkanes of at least 4 members (excludes halogenated alkanes) is 1. The van der Waals surface area contributed by atoms with Gasteiger partial charge in [0.2, 0.25) is 11.8 Å². The molecular formula is C23H32N4O3S. The van der Waals surface area contributed by atoms with Crippen molar-refractivity contribution in [3.63, 3.8) is 0 Å². The molecule has 1 heterocycles. The maximum Gasteiger partial charge on any atom is 0.254 e. The molecule has 0 radical (unpaired) electrons. The average Bonchev–Trinajstić information content (AvgIpc) is 3.13. The summed E-state index contributed by atoms with van der Waals surface area (Å²) in [5.41, 5.74) is 2.25. The Morgan fingerprint density at radius 1 is 1.13 bits per heavy atom. The summed E-state index contributed by atoms with van der Waals surface area (Å²) in [6.45, 7) is 9.11. The second kappa shape index (κ2) is 12.2. The number of anilines is 1. The Hall–Kier alpha value is -2.74. The fourth-order valence-corrected chi connectivity index (χ4v) is 3.67. The fourth-order valence-electron chi connectivity index (χ4n) is 2.95. The van der Waals surface area contributed by atoms with Gasteiger partial charge in [-0.3, -0.25) is 14.4 Å². The highest BCUT2D eigenvalue weighted by atomic mass is 32.1. The molecule has 0 saturated heterocycles. The summed E-state index contributed by atoms with van der Waals surface area (Å²) in [6, 6.07) is 7.33. The minimum atomic E-state index is -0.311. The monoisotopic (exact) mass is 444 g/mol. The van der Waals surface area contributed by atoms with E-state index in [1.807, 2.05) is 32.9 Å². The van der Waals surface area contributed by atoms with Crippen LogP contribution in [0.5, 0.6) is 0 Å². The molecular weight excluding hydrogens is 412 g/mol. The van der Waals surface area contributed by atoms with Crippen LogP contribution in [0.15, 0.2) is 29.6 Å². The Labute approximate surface area is 188 Å². The lowest BCUT2D eigenvalue weighted by Crippen LogP contribution is -2.40. The maximum atomic E-state index is 12.9. The van der Waals surface area contributed by atoms with Crippen LogP contribution in [-0.4, -0.2) is 47.2 Å². The Bertz CT molecular complexity index is 877. The number of aryl methyl sites for hydroxylation is 1. The lowest BCUT2D eigenvalue weighted by atomic mass is 10.1. The molecule has 0 aliphatic carbocycles. The van der Waals surface area contributed by atoms with Crippen LogP contribution in [0.2, 0.25) is 0 Å². The first-order chi connectivity index (χ1) is 14.8. The molecule has 0 fully saturated rings. The molecule has 2 rings (SSSR count). The quantitative estimate of drug-likeness (QED) is 0.518. The number of rotatable bonds is 11. The first-order valence-corrected chi connectivity index (χ1v) is 11.5. The highest BCUT2D eigenvalue weighted by Gasteiger charge is 2.20. The van der Waals surface area contributed by atoms with Gasteiger partial charge in [-0.2, -0.15) is 0 Å². The summed E-state index contributed by atoms with van der Waals surface area (Å²) in [7, 11) is 0. The van der Waals surface area contributed by atoms with Gasteiger partial charge in [-0.1, -0.05) is 44.9 Å². The number of carbonyl (C=O) groups is 3. The van der Waals surface area contributed by atoms with Gasteiger partial charge in [-0.15, -0.1) is 11.3 Å². The van der Waals surface area contributed by atoms with Gasteiger partial charge >= 0.3 is 0 Å². The van der Waals surface area contributed by atoms with Gasteiger partial charge in [0.05, 0.1) is 12.1 Å². The number of hydrogen-bond acceptors (Lipinski definition) is 5. The third-order valence-corrected chi connectivity index (χ3v) is 5.30. The molecule has 0 aliphatic heterocycles. The first-order valence-electron chi connectivity index (χ1n) is 10.6. The molecule has 0 unspecified atom stereocenters. The van der Waals surface area contributed by atoms with E-state index >= 15 is 0 Å². The number of carbonyl (C=O) groups excluding carboxylic acids is 3.